The maximum absolute atomic E-state index is 12.5. The maximum Gasteiger partial charge on any atom is 0.235 e. The summed E-state index contributed by atoms with van der Waals surface area (Å²) >= 11 is 0. The van der Waals surface area contributed by atoms with E-state index in [1.165, 1.54) is 25.7 Å². The van der Waals surface area contributed by atoms with Gasteiger partial charge in [-0.05, 0) is 51.4 Å². The van der Waals surface area contributed by atoms with Crippen LogP contribution in [0.2, 0.25) is 0 Å². The van der Waals surface area contributed by atoms with E-state index in [2.05, 4.69) is 16.3 Å². The fourth-order valence-corrected chi connectivity index (χ4v) is 4.06. The summed E-state index contributed by atoms with van der Waals surface area (Å²) in [5.41, 5.74) is -0.692. The normalized spacial score (nSPS) is 27.8. The van der Waals surface area contributed by atoms with Crippen LogP contribution in [-0.4, -0.2) is 48.2 Å². The largest absolute Gasteiger partial charge is 0.377 e. The van der Waals surface area contributed by atoms with E-state index in [0.29, 0.717) is 18.5 Å². The van der Waals surface area contributed by atoms with Gasteiger partial charge in [0.2, 0.25) is 5.91 Å². The first-order valence-electron chi connectivity index (χ1n) is 9.18. The van der Waals surface area contributed by atoms with Crippen LogP contribution in [0.1, 0.15) is 58.3 Å². The van der Waals surface area contributed by atoms with Gasteiger partial charge in [-0.25, -0.2) is 0 Å². The van der Waals surface area contributed by atoms with Gasteiger partial charge < -0.3 is 10.1 Å². The highest BCUT2D eigenvalue weighted by molar-refractivity contribution is 5.79. The van der Waals surface area contributed by atoms with Gasteiger partial charge in [0.1, 0.15) is 5.54 Å². The van der Waals surface area contributed by atoms with Crippen LogP contribution in [0.4, 0.5) is 0 Å². The average Bonchev–Trinajstić information content (AvgIpc) is 3.03. The van der Waals surface area contributed by atoms with Crippen LogP contribution in [0.5, 0.6) is 0 Å². The first-order chi connectivity index (χ1) is 11.1. The monoisotopic (exact) mass is 319 g/mol. The minimum Gasteiger partial charge on any atom is -0.377 e. The lowest BCUT2D eigenvalue weighted by atomic mass is 9.98. The van der Waals surface area contributed by atoms with Crippen LogP contribution in [0.25, 0.3) is 0 Å². The molecule has 1 N–H and O–H groups in total. The summed E-state index contributed by atoms with van der Waals surface area (Å²) in [6.45, 7) is 3.96. The number of carbonyl (C=O) groups is 1. The number of nitrogens with one attached hydrogen (secondary N) is 1. The first kappa shape index (κ1) is 16.7. The van der Waals surface area contributed by atoms with Crippen molar-refractivity contribution in [1.29, 1.82) is 5.26 Å². The van der Waals surface area contributed by atoms with E-state index in [0.717, 1.165) is 38.8 Å². The summed E-state index contributed by atoms with van der Waals surface area (Å²) in [5.74, 6) is 0.320. The highest BCUT2D eigenvalue weighted by atomic mass is 16.5. The number of amides is 1. The molecule has 0 unspecified atom stereocenters. The summed E-state index contributed by atoms with van der Waals surface area (Å²) in [6.07, 6.45) is 9.47. The standard InChI is InChI=1S/C18H29N3O2/c1-18(13-19,14-8-9-14)20-17(22)12-21(15-5-2-3-6-15)11-16-7-4-10-23-16/h14-16H,2-12H2,1H3,(H,20,22)/t16-,18+/m1/s1. The first-order valence-corrected chi connectivity index (χ1v) is 9.18. The Morgan fingerprint density at radius 3 is 2.57 bits per heavy atom. The van der Waals surface area contributed by atoms with Gasteiger partial charge in [-0.15, -0.1) is 0 Å². The van der Waals surface area contributed by atoms with Crippen LogP contribution in [0.15, 0.2) is 0 Å². The Morgan fingerprint density at radius 2 is 2.00 bits per heavy atom. The molecule has 1 saturated heterocycles. The molecule has 0 bridgehead atoms. The second-order valence-corrected chi connectivity index (χ2v) is 7.64. The van der Waals surface area contributed by atoms with Gasteiger partial charge in [-0.3, -0.25) is 9.69 Å². The number of nitriles is 1. The van der Waals surface area contributed by atoms with Crippen LogP contribution in [-0.2, 0) is 9.53 Å². The van der Waals surface area contributed by atoms with Gasteiger partial charge in [0.15, 0.2) is 0 Å². The van der Waals surface area contributed by atoms with Gasteiger partial charge in [-0.2, -0.15) is 5.26 Å². The molecule has 23 heavy (non-hydrogen) atoms. The third-order valence-electron chi connectivity index (χ3n) is 5.68. The van der Waals surface area contributed by atoms with Crippen LogP contribution >= 0.6 is 0 Å². The fourth-order valence-electron chi connectivity index (χ4n) is 4.06. The number of hydrogen-bond donors (Lipinski definition) is 1. The zero-order valence-corrected chi connectivity index (χ0v) is 14.2. The van der Waals surface area contributed by atoms with Crippen LogP contribution in [0.3, 0.4) is 0 Å². The van der Waals surface area contributed by atoms with Crippen molar-refractivity contribution in [2.75, 3.05) is 19.7 Å². The molecule has 1 heterocycles. The number of hydrogen-bond acceptors (Lipinski definition) is 4. The van der Waals surface area contributed by atoms with Gasteiger partial charge >= 0.3 is 0 Å². The van der Waals surface area contributed by atoms with Crippen molar-refractivity contribution in [3.05, 3.63) is 0 Å². The third kappa shape index (κ3) is 4.24. The molecule has 5 heteroatoms. The van der Waals surface area contributed by atoms with Crippen LogP contribution in [0, 0.1) is 17.2 Å². The minimum absolute atomic E-state index is 0.00848. The molecule has 3 rings (SSSR count). The van der Waals surface area contributed by atoms with Gasteiger partial charge in [0, 0.05) is 19.2 Å². The van der Waals surface area contributed by atoms with Crippen molar-refractivity contribution >= 4 is 5.91 Å². The molecule has 0 aromatic rings. The van der Waals surface area contributed by atoms with Gasteiger partial charge in [-0.1, -0.05) is 12.8 Å². The lowest BCUT2D eigenvalue weighted by molar-refractivity contribution is -0.124. The molecule has 0 aromatic carbocycles. The van der Waals surface area contributed by atoms with E-state index in [-0.39, 0.29) is 12.0 Å². The molecular formula is C18H29N3O2. The summed E-state index contributed by atoms with van der Waals surface area (Å²) in [5, 5.41) is 12.4. The fraction of sp³-hybridized carbons (Fsp3) is 0.889. The number of nitrogens with zero attached hydrogens (tertiary/aromatic N) is 2. The van der Waals surface area contributed by atoms with Crippen LogP contribution < -0.4 is 5.32 Å². The van der Waals surface area contributed by atoms with Crippen molar-refractivity contribution in [2.24, 2.45) is 5.92 Å². The Bertz CT molecular complexity index is 459. The highest BCUT2D eigenvalue weighted by Gasteiger charge is 2.43. The predicted octanol–water partition coefficient (Wildman–Crippen LogP) is 2.22. The molecule has 0 aromatic heterocycles. The Kier molecular flexibility index (Phi) is 5.23. The Morgan fingerprint density at radius 1 is 1.26 bits per heavy atom. The molecule has 1 amide bonds. The SMILES string of the molecule is C[C@@](C#N)(NC(=O)CN(C[C@H]1CCCO1)C1CCCC1)C1CC1. The Labute approximate surface area is 139 Å². The number of carbonyl (C=O) groups excluding carboxylic acids is 1. The van der Waals surface area contributed by atoms with E-state index in [1.54, 1.807) is 0 Å². The zero-order valence-electron chi connectivity index (χ0n) is 14.2. The zero-order chi connectivity index (χ0) is 16.3. The maximum atomic E-state index is 12.5. The lowest BCUT2D eigenvalue weighted by Crippen LogP contribution is -2.52. The number of ether oxygens (including phenoxy) is 1. The van der Waals surface area contributed by atoms with E-state index in [4.69, 9.17) is 4.74 Å². The Balaban J connectivity index is 1.57. The van der Waals surface area contributed by atoms with Crippen molar-refractivity contribution < 1.29 is 9.53 Å². The average molecular weight is 319 g/mol. The van der Waals surface area contributed by atoms with E-state index < -0.39 is 5.54 Å². The quantitative estimate of drug-likeness (QED) is 0.781. The molecule has 128 valence electrons. The second kappa shape index (κ2) is 7.19. The van der Waals surface area contributed by atoms with E-state index >= 15 is 0 Å². The van der Waals surface area contributed by atoms with Crippen molar-refractivity contribution in [3.8, 4) is 6.07 Å². The summed E-state index contributed by atoms with van der Waals surface area (Å²) in [4.78, 5) is 14.9. The molecule has 2 aliphatic carbocycles. The molecular weight excluding hydrogens is 290 g/mol. The van der Waals surface area contributed by atoms with Crippen molar-refractivity contribution in [1.82, 2.24) is 10.2 Å². The van der Waals surface area contributed by atoms with Crippen molar-refractivity contribution in [3.63, 3.8) is 0 Å². The van der Waals surface area contributed by atoms with E-state index in [9.17, 15) is 10.1 Å². The molecule has 2 saturated carbocycles. The third-order valence-corrected chi connectivity index (χ3v) is 5.68. The summed E-state index contributed by atoms with van der Waals surface area (Å²) in [7, 11) is 0. The van der Waals surface area contributed by atoms with E-state index in [1.807, 2.05) is 6.92 Å². The summed E-state index contributed by atoms with van der Waals surface area (Å²) < 4.78 is 5.77. The molecule has 2 atom stereocenters. The van der Waals surface area contributed by atoms with Gasteiger partial charge in [0.25, 0.3) is 0 Å². The lowest BCUT2D eigenvalue weighted by Gasteiger charge is -2.32. The molecule has 1 aliphatic heterocycles. The topological polar surface area (TPSA) is 65.4 Å². The second-order valence-electron chi connectivity index (χ2n) is 7.64. The number of rotatable bonds is 7. The van der Waals surface area contributed by atoms with Crippen molar-refractivity contribution in [2.45, 2.75) is 76.0 Å². The predicted molar refractivity (Wildman–Crippen MR) is 87.7 cm³/mol. The molecule has 3 aliphatic rings. The minimum atomic E-state index is -0.692. The molecule has 0 radical (unpaired) electrons. The Hall–Kier alpha value is -1.12. The highest BCUT2D eigenvalue weighted by Crippen LogP contribution is 2.39. The summed E-state index contributed by atoms with van der Waals surface area (Å²) in [6, 6.07) is 2.81. The molecule has 0 spiro atoms. The van der Waals surface area contributed by atoms with Gasteiger partial charge in [0.05, 0.1) is 18.7 Å². The molecule has 5 nitrogen and oxygen atoms in total. The smallest absolute Gasteiger partial charge is 0.235 e. The molecule has 3 fully saturated rings.